The summed E-state index contributed by atoms with van der Waals surface area (Å²) < 4.78 is 15.6. The molecule has 2 rings (SSSR count). The molecular formula is C15H17NO4. The number of carbonyl (C=O) groups is 1. The summed E-state index contributed by atoms with van der Waals surface area (Å²) in [5, 5.41) is 2.78. The fourth-order valence-corrected chi connectivity index (χ4v) is 1.92. The number of amides is 1. The second kappa shape index (κ2) is 6.14. The Balaban J connectivity index is 2.14. The standard InChI is InChI=1S/C15H17NO4/c1-10-7-14(19-3)11(8-13(10)18-2)9-16-15(17)12-5-4-6-20-12/h4-8H,9H2,1-3H3,(H,16,17). The van der Waals surface area contributed by atoms with Crippen molar-refractivity contribution < 1.29 is 18.7 Å². The Morgan fingerprint density at radius 3 is 2.60 bits per heavy atom. The van der Waals surface area contributed by atoms with Gasteiger partial charge < -0.3 is 19.2 Å². The minimum absolute atomic E-state index is 0.267. The third kappa shape index (κ3) is 2.93. The highest BCUT2D eigenvalue weighted by Crippen LogP contribution is 2.28. The maximum atomic E-state index is 11.8. The van der Waals surface area contributed by atoms with Crippen molar-refractivity contribution in [2.75, 3.05) is 14.2 Å². The Morgan fingerprint density at radius 1 is 1.25 bits per heavy atom. The zero-order valence-corrected chi connectivity index (χ0v) is 11.7. The van der Waals surface area contributed by atoms with Gasteiger partial charge in [-0.1, -0.05) is 0 Å². The summed E-state index contributed by atoms with van der Waals surface area (Å²) >= 11 is 0. The van der Waals surface area contributed by atoms with Crippen LogP contribution in [0.4, 0.5) is 0 Å². The molecule has 2 aromatic rings. The lowest BCUT2D eigenvalue weighted by Crippen LogP contribution is -2.22. The summed E-state index contributed by atoms with van der Waals surface area (Å²) in [5.74, 6) is 1.48. The van der Waals surface area contributed by atoms with Crippen molar-refractivity contribution in [2.24, 2.45) is 0 Å². The number of furan rings is 1. The number of ether oxygens (including phenoxy) is 2. The molecule has 0 aliphatic heterocycles. The van der Waals surface area contributed by atoms with Gasteiger partial charge in [0.15, 0.2) is 5.76 Å². The average Bonchev–Trinajstić information content (AvgIpc) is 2.99. The summed E-state index contributed by atoms with van der Waals surface area (Å²) in [5.41, 5.74) is 1.82. The van der Waals surface area contributed by atoms with Crippen LogP contribution in [0.25, 0.3) is 0 Å². The van der Waals surface area contributed by atoms with Gasteiger partial charge in [0.1, 0.15) is 11.5 Å². The van der Waals surface area contributed by atoms with E-state index in [2.05, 4.69) is 5.32 Å². The number of hydrogen-bond donors (Lipinski definition) is 1. The fraction of sp³-hybridized carbons (Fsp3) is 0.267. The smallest absolute Gasteiger partial charge is 0.287 e. The molecule has 0 unspecified atom stereocenters. The average molecular weight is 275 g/mol. The molecule has 1 N–H and O–H groups in total. The fourth-order valence-electron chi connectivity index (χ4n) is 1.92. The second-order valence-electron chi connectivity index (χ2n) is 4.29. The number of methoxy groups -OCH3 is 2. The monoisotopic (exact) mass is 275 g/mol. The van der Waals surface area contributed by atoms with Crippen LogP contribution in [0.2, 0.25) is 0 Å². The summed E-state index contributed by atoms with van der Waals surface area (Å²) in [6.07, 6.45) is 1.46. The lowest BCUT2D eigenvalue weighted by Gasteiger charge is -2.13. The first-order chi connectivity index (χ1) is 9.65. The molecule has 1 aromatic carbocycles. The minimum atomic E-state index is -0.267. The lowest BCUT2D eigenvalue weighted by molar-refractivity contribution is 0.0923. The third-order valence-electron chi connectivity index (χ3n) is 2.98. The number of benzene rings is 1. The van der Waals surface area contributed by atoms with E-state index < -0.39 is 0 Å². The maximum Gasteiger partial charge on any atom is 0.287 e. The van der Waals surface area contributed by atoms with E-state index >= 15 is 0 Å². The Morgan fingerprint density at radius 2 is 2.00 bits per heavy atom. The van der Waals surface area contributed by atoms with Crippen molar-refractivity contribution in [3.05, 3.63) is 47.4 Å². The molecular weight excluding hydrogens is 258 g/mol. The van der Waals surface area contributed by atoms with Crippen molar-refractivity contribution in [3.8, 4) is 11.5 Å². The van der Waals surface area contributed by atoms with Crippen LogP contribution in [-0.4, -0.2) is 20.1 Å². The van der Waals surface area contributed by atoms with Crippen LogP contribution in [0.5, 0.6) is 11.5 Å². The highest BCUT2D eigenvalue weighted by molar-refractivity contribution is 5.91. The molecule has 1 heterocycles. The van der Waals surface area contributed by atoms with Crippen molar-refractivity contribution in [1.29, 1.82) is 0 Å². The van der Waals surface area contributed by atoms with E-state index in [1.807, 2.05) is 19.1 Å². The first-order valence-electron chi connectivity index (χ1n) is 6.19. The van der Waals surface area contributed by atoms with Gasteiger partial charge in [-0.2, -0.15) is 0 Å². The summed E-state index contributed by atoms with van der Waals surface area (Å²) in [7, 11) is 3.21. The number of nitrogens with one attached hydrogen (secondary N) is 1. The molecule has 106 valence electrons. The predicted molar refractivity (Wildman–Crippen MR) is 74.2 cm³/mol. The van der Waals surface area contributed by atoms with Crippen molar-refractivity contribution >= 4 is 5.91 Å². The highest BCUT2D eigenvalue weighted by atomic mass is 16.5. The van der Waals surface area contributed by atoms with Crippen molar-refractivity contribution in [1.82, 2.24) is 5.32 Å². The van der Waals surface area contributed by atoms with Gasteiger partial charge in [0, 0.05) is 12.1 Å². The molecule has 0 atom stereocenters. The predicted octanol–water partition coefficient (Wildman–Crippen LogP) is 2.54. The van der Waals surface area contributed by atoms with Crippen LogP contribution < -0.4 is 14.8 Å². The SMILES string of the molecule is COc1cc(CNC(=O)c2ccco2)c(OC)cc1C. The quantitative estimate of drug-likeness (QED) is 0.911. The van der Waals surface area contributed by atoms with E-state index in [-0.39, 0.29) is 11.7 Å². The van der Waals surface area contributed by atoms with Gasteiger partial charge in [-0.05, 0) is 36.8 Å². The zero-order chi connectivity index (χ0) is 14.5. The van der Waals surface area contributed by atoms with Crippen LogP contribution in [0.1, 0.15) is 21.7 Å². The second-order valence-corrected chi connectivity index (χ2v) is 4.29. The molecule has 0 spiro atoms. The molecule has 0 saturated carbocycles. The molecule has 20 heavy (non-hydrogen) atoms. The van der Waals surface area contributed by atoms with Gasteiger partial charge in [0.05, 0.1) is 20.5 Å². The number of carbonyl (C=O) groups excluding carboxylic acids is 1. The molecule has 0 saturated heterocycles. The summed E-state index contributed by atoms with van der Waals surface area (Å²) in [4.78, 5) is 11.8. The maximum absolute atomic E-state index is 11.8. The Hall–Kier alpha value is -2.43. The van der Waals surface area contributed by atoms with Gasteiger partial charge in [0.2, 0.25) is 0 Å². The lowest BCUT2D eigenvalue weighted by atomic mass is 10.1. The summed E-state index contributed by atoms with van der Waals surface area (Å²) in [6.45, 7) is 2.27. The zero-order valence-electron chi connectivity index (χ0n) is 11.7. The van der Waals surface area contributed by atoms with Gasteiger partial charge >= 0.3 is 0 Å². The van der Waals surface area contributed by atoms with E-state index in [4.69, 9.17) is 13.9 Å². The number of aryl methyl sites for hydroxylation is 1. The van der Waals surface area contributed by atoms with Gasteiger partial charge in [0.25, 0.3) is 5.91 Å². The van der Waals surface area contributed by atoms with Gasteiger partial charge in [-0.15, -0.1) is 0 Å². The Kier molecular flexibility index (Phi) is 4.30. The number of rotatable bonds is 5. The molecule has 0 aliphatic rings. The first kappa shape index (κ1) is 14.0. The largest absolute Gasteiger partial charge is 0.496 e. The highest BCUT2D eigenvalue weighted by Gasteiger charge is 2.12. The van der Waals surface area contributed by atoms with Crippen LogP contribution in [0.15, 0.2) is 34.9 Å². The third-order valence-corrected chi connectivity index (χ3v) is 2.98. The van der Waals surface area contributed by atoms with Crippen LogP contribution in [0, 0.1) is 6.92 Å². The van der Waals surface area contributed by atoms with Crippen molar-refractivity contribution in [2.45, 2.75) is 13.5 Å². The van der Waals surface area contributed by atoms with E-state index in [0.717, 1.165) is 16.9 Å². The molecule has 1 aromatic heterocycles. The minimum Gasteiger partial charge on any atom is -0.496 e. The van der Waals surface area contributed by atoms with Gasteiger partial charge in [-0.3, -0.25) is 4.79 Å². The number of hydrogen-bond acceptors (Lipinski definition) is 4. The van der Waals surface area contributed by atoms with E-state index in [1.165, 1.54) is 6.26 Å². The molecule has 5 heteroatoms. The molecule has 0 radical (unpaired) electrons. The van der Waals surface area contributed by atoms with E-state index in [9.17, 15) is 4.79 Å². The molecule has 1 amide bonds. The Labute approximate surface area is 117 Å². The first-order valence-corrected chi connectivity index (χ1v) is 6.19. The molecule has 0 aliphatic carbocycles. The normalized spacial score (nSPS) is 10.2. The van der Waals surface area contributed by atoms with E-state index in [1.54, 1.807) is 26.4 Å². The van der Waals surface area contributed by atoms with Crippen molar-refractivity contribution in [3.63, 3.8) is 0 Å². The molecule has 5 nitrogen and oxygen atoms in total. The van der Waals surface area contributed by atoms with E-state index in [0.29, 0.717) is 12.3 Å². The summed E-state index contributed by atoms with van der Waals surface area (Å²) in [6, 6.07) is 7.02. The molecule has 0 bridgehead atoms. The molecule has 0 fully saturated rings. The van der Waals surface area contributed by atoms with Crippen LogP contribution in [0.3, 0.4) is 0 Å². The Bertz CT molecular complexity index is 590. The van der Waals surface area contributed by atoms with Crippen LogP contribution >= 0.6 is 0 Å². The van der Waals surface area contributed by atoms with Crippen LogP contribution in [-0.2, 0) is 6.54 Å². The van der Waals surface area contributed by atoms with Gasteiger partial charge in [-0.25, -0.2) is 0 Å². The topological polar surface area (TPSA) is 60.7 Å².